The predicted octanol–water partition coefficient (Wildman–Crippen LogP) is 1.15. The first-order valence-corrected chi connectivity index (χ1v) is 7.19. The second-order valence-electron chi connectivity index (χ2n) is 5.15. The Hall–Kier alpha value is -1.11. The lowest BCUT2D eigenvalue weighted by molar-refractivity contribution is -0.116. The highest BCUT2D eigenvalue weighted by Gasteiger charge is 2.29. The summed E-state index contributed by atoms with van der Waals surface area (Å²) < 4.78 is 1.00. The molecule has 1 saturated heterocycles. The fourth-order valence-electron chi connectivity index (χ4n) is 2.58. The van der Waals surface area contributed by atoms with E-state index in [9.17, 15) is 4.79 Å². The molecule has 2 aliphatic heterocycles. The molecule has 2 aliphatic rings. The highest BCUT2D eigenvalue weighted by Crippen LogP contribution is 2.38. The zero-order chi connectivity index (χ0) is 13.6. The number of piperazine rings is 1. The molecule has 0 aromatic heterocycles. The number of carbonyl (C=O) groups is 1. The quantitative estimate of drug-likeness (QED) is 0.813. The number of fused-ring (bicyclic) bond motifs is 1. The topological polar surface area (TPSA) is 61.6 Å². The molecule has 1 unspecified atom stereocenters. The van der Waals surface area contributed by atoms with Gasteiger partial charge < -0.3 is 20.9 Å². The molecule has 6 heteroatoms. The van der Waals surface area contributed by atoms with Crippen molar-refractivity contribution in [2.24, 2.45) is 5.73 Å². The molecule has 1 atom stereocenters. The van der Waals surface area contributed by atoms with Crippen LogP contribution in [-0.4, -0.2) is 44.0 Å². The van der Waals surface area contributed by atoms with Crippen LogP contribution in [0.2, 0.25) is 0 Å². The van der Waals surface area contributed by atoms with E-state index in [-0.39, 0.29) is 5.91 Å². The molecule has 3 rings (SSSR count). The summed E-state index contributed by atoms with van der Waals surface area (Å²) in [5.41, 5.74) is 8.69. The molecule has 0 radical (unpaired) electrons. The second-order valence-corrected chi connectivity index (χ2v) is 6.00. The molecule has 3 N–H and O–H groups in total. The van der Waals surface area contributed by atoms with Crippen molar-refractivity contribution in [3.8, 4) is 0 Å². The van der Waals surface area contributed by atoms with Crippen molar-refractivity contribution in [3.05, 3.63) is 22.2 Å². The number of rotatable bonds is 1. The van der Waals surface area contributed by atoms with E-state index in [1.807, 2.05) is 12.1 Å². The lowest BCUT2D eigenvalue weighted by Crippen LogP contribution is -2.44. The van der Waals surface area contributed by atoms with Crippen LogP contribution in [0.3, 0.4) is 0 Å². The molecule has 1 amide bonds. The van der Waals surface area contributed by atoms with Gasteiger partial charge in [0.15, 0.2) is 0 Å². The van der Waals surface area contributed by atoms with Crippen LogP contribution in [0, 0.1) is 0 Å². The molecule has 0 saturated carbocycles. The van der Waals surface area contributed by atoms with Gasteiger partial charge in [0, 0.05) is 41.9 Å². The molecule has 1 fully saturated rings. The van der Waals surface area contributed by atoms with Gasteiger partial charge in [-0.05, 0) is 35.1 Å². The molecule has 1 aromatic rings. The Kier molecular flexibility index (Phi) is 3.24. The van der Waals surface area contributed by atoms with E-state index in [0.29, 0.717) is 0 Å². The van der Waals surface area contributed by atoms with E-state index in [2.05, 4.69) is 38.1 Å². The van der Waals surface area contributed by atoms with Crippen LogP contribution in [0.1, 0.15) is 11.6 Å². The zero-order valence-corrected chi connectivity index (χ0v) is 12.4. The van der Waals surface area contributed by atoms with Crippen LogP contribution in [-0.2, 0) is 4.79 Å². The maximum absolute atomic E-state index is 11.6. The number of amides is 1. The zero-order valence-electron chi connectivity index (χ0n) is 10.8. The van der Waals surface area contributed by atoms with Crippen molar-refractivity contribution in [1.29, 1.82) is 0 Å². The Labute approximate surface area is 120 Å². The number of nitrogens with two attached hydrogens (primary N) is 1. The van der Waals surface area contributed by atoms with Crippen LogP contribution in [0.5, 0.6) is 0 Å². The normalized spacial score (nSPS) is 23.4. The van der Waals surface area contributed by atoms with Crippen molar-refractivity contribution < 1.29 is 4.79 Å². The average Bonchev–Trinajstić information content (AvgIpc) is 2.66. The van der Waals surface area contributed by atoms with Gasteiger partial charge in [0.25, 0.3) is 0 Å². The number of likely N-dealkylation sites (N-methyl/N-ethyl adjacent to an activating group) is 1. The summed E-state index contributed by atoms with van der Waals surface area (Å²) in [6, 6.07) is 3.44. The third kappa shape index (κ3) is 2.24. The van der Waals surface area contributed by atoms with Crippen molar-refractivity contribution in [2.45, 2.75) is 6.04 Å². The van der Waals surface area contributed by atoms with Gasteiger partial charge in [-0.2, -0.15) is 0 Å². The second kappa shape index (κ2) is 4.77. The van der Waals surface area contributed by atoms with Crippen molar-refractivity contribution in [1.82, 2.24) is 4.90 Å². The van der Waals surface area contributed by atoms with Crippen LogP contribution in [0.4, 0.5) is 11.4 Å². The molecule has 2 heterocycles. The standard InChI is InChI=1S/C13H17BrN4O/c1-17-2-4-18(5-3-17)11-7-10-8(6-9(11)14)12(15)13(19)16-10/h6-7,12H,2-5,15H2,1H3,(H,16,19). The Morgan fingerprint density at radius 1 is 1.32 bits per heavy atom. The molecule has 0 bridgehead atoms. The Bertz CT molecular complexity index is 526. The molecule has 102 valence electrons. The molecular weight excluding hydrogens is 308 g/mol. The van der Waals surface area contributed by atoms with Gasteiger partial charge in [0.1, 0.15) is 6.04 Å². The smallest absolute Gasteiger partial charge is 0.245 e. The monoisotopic (exact) mass is 324 g/mol. The molecule has 0 spiro atoms. The minimum atomic E-state index is -0.548. The largest absolute Gasteiger partial charge is 0.368 e. The first-order valence-electron chi connectivity index (χ1n) is 6.39. The van der Waals surface area contributed by atoms with E-state index < -0.39 is 6.04 Å². The van der Waals surface area contributed by atoms with Gasteiger partial charge in [-0.1, -0.05) is 0 Å². The molecule has 0 aliphatic carbocycles. The average molecular weight is 325 g/mol. The van der Waals surface area contributed by atoms with Crippen molar-refractivity contribution in [2.75, 3.05) is 43.4 Å². The van der Waals surface area contributed by atoms with Gasteiger partial charge in [0.05, 0.1) is 5.69 Å². The summed E-state index contributed by atoms with van der Waals surface area (Å²) in [5, 5.41) is 2.84. The van der Waals surface area contributed by atoms with Crippen molar-refractivity contribution in [3.63, 3.8) is 0 Å². The first kappa shape index (κ1) is 12.9. The number of nitrogens with zero attached hydrogens (tertiary/aromatic N) is 2. The van der Waals surface area contributed by atoms with E-state index >= 15 is 0 Å². The number of anilines is 2. The number of carbonyl (C=O) groups excluding carboxylic acids is 1. The number of benzene rings is 1. The van der Waals surface area contributed by atoms with Crippen LogP contribution < -0.4 is 16.0 Å². The highest BCUT2D eigenvalue weighted by atomic mass is 79.9. The number of hydrogen-bond donors (Lipinski definition) is 2. The van der Waals surface area contributed by atoms with Crippen LogP contribution in [0.25, 0.3) is 0 Å². The molecular formula is C13H17BrN4O. The fourth-order valence-corrected chi connectivity index (χ4v) is 3.20. The summed E-state index contributed by atoms with van der Waals surface area (Å²) in [6.07, 6.45) is 0. The Balaban J connectivity index is 1.92. The van der Waals surface area contributed by atoms with E-state index in [1.54, 1.807) is 0 Å². The maximum Gasteiger partial charge on any atom is 0.245 e. The number of halogens is 1. The van der Waals surface area contributed by atoms with E-state index in [0.717, 1.165) is 47.6 Å². The van der Waals surface area contributed by atoms with E-state index in [1.165, 1.54) is 0 Å². The minimum Gasteiger partial charge on any atom is -0.368 e. The van der Waals surface area contributed by atoms with Gasteiger partial charge in [-0.25, -0.2) is 0 Å². The first-order chi connectivity index (χ1) is 9.06. The summed E-state index contributed by atoms with van der Waals surface area (Å²) in [4.78, 5) is 16.2. The summed E-state index contributed by atoms with van der Waals surface area (Å²) in [7, 11) is 2.13. The Morgan fingerprint density at radius 2 is 2.00 bits per heavy atom. The highest BCUT2D eigenvalue weighted by molar-refractivity contribution is 9.10. The number of hydrogen-bond acceptors (Lipinski definition) is 4. The maximum atomic E-state index is 11.6. The summed E-state index contributed by atoms with van der Waals surface area (Å²) in [6.45, 7) is 4.09. The molecule has 19 heavy (non-hydrogen) atoms. The third-order valence-electron chi connectivity index (χ3n) is 3.84. The van der Waals surface area contributed by atoms with Gasteiger partial charge in [-0.3, -0.25) is 4.79 Å². The minimum absolute atomic E-state index is 0.127. The van der Waals surface area contributed by atoms with Crippen molar-refractivity contribution >= 4 is 33.2 Å². The lowest BCUT2D eigenvalue weighted by Gasteiger charge is -2.34. The van der Waals surface area contributed by atoms with E-state index in [4.69, 9.17) is 5.73 Å². The molecule has 1 aromatic carbocycles. The third-order valence-corrected chi connectivity index (χ3v) is 4.47. The molecule has 5 nitrogen and oxygen atoms in total. The Morgan fingerprint density at radius 3 is 2.68 bits per heavy atom. The SMILES string of the molecule is CN1CCN(c2cc3c(cc2Br)C(N)C(=O)N3)CC1. The predicted molar refractivity (Wildman–Crippen MR) is 79.4 cm³/mol. The van der Waals surface area contributed by atoms with Gasteiger partial charge in [-0.15, -0.1) is 0 Å². The van der Waals surface area contributed by atoms with Gasteiger partial charge in [0.2, 0.25) is 5.91 Å². The summed E-state index contributed by atoms with van der Waals surface area (Å²) in [5.74, 6) is -0.127. The van der Waals surface area contributed by atoms with Crippen LogP contribution in [0.15, 0.2) is 16.6 Å². The summed E-state index contributed by atoms with van der Waals surface area (Å²) >= 11 is 3.60. The van der Waals surface area contributed by atoms with Gasteiger partial charge >= 0.3 is 0 Å². The number of nitrogens with one attached hydrogen (secondary N) is 1. The van der Waals surface area contributed by atoms with Crippen LogP contribution >= 0.6 is 15.9 Å². The fraction of sp³-hybridized carbons (Fsp3) is 0.462. The lowest BCUT2D eigenvalue weighted by atomic mass is 10.1.